The van der Waals surface area contributed by atoms with E-state index in [4.69, 9.17) is 9.47 Å². The molecule has 6 nitrogen and oxygen atoms in total. The molecule has 2 N–H and O–H groups in total. The number of anilines is 1. The Balaban J connectivity index is 1.57. The van der Waals surface area contributed by atoms with Crippen molar-refractivity contribution >= 4 is 11.7 Å². The second-order valence-electron chi connectivity index (χ2n) is 6.58. The maximum absolute atomic E-state index is 13.7. The maximum Gasteiger partial charge on any atom is 0.320 e. The number of amides is 2. The molecule has 1 aliphatic carbocycles. The highest BCUT2D eigenvalue weighted by Crippen LogP contribution is 2.42. The molecule has 2 aliphatic rings. The normalized spacial score (nSPS) is 17.6. The van der Waals surface area contributed by atoms with Crippen LogP contribution in [0.25, 0.3) is 0 Å². The second-order valence-corrected chi connectivity index (χ2v) is 6.58. The van der Waals surface area contributed by atoms with Crippen LogP contribution < -0.4 is 20.1 Å². The number of aromatic nitrogens is 1. The van der Waals surface area contributed by atoms with Crippen LogP contribution in [0.2, 0.25) is 0 Å². The van der Waals surface area contributed by atoms with Crippen molar-refractivity contribution in [3.63, 3.8) is 0 Å². The van der Waals surface area contributed by atoms with Gasteiger partial charge in [0.2, 0.25) is 0 Å². The molecule has 0 unspecified atom stereocenters. The predicted octanol–water partition coefficient (Wildman–Crippen LogP) is 3.58. The third-order valence-corrected chi connectivity index (χ3v) is 4.93. The van der Waals surface area contributed by atoms with Crippen molar-refractivity contribution in [2.24, 2.45) is 0 Å². The Morgan fingerprint density at radius 1 is 1.12 bits per heavy atom. The van der Waals surface area contributed by atoms with Crippen molar-refractivity contribution in [2.75, 3.05) is 18.5 Å². The van der Waals surface area contributed by atoms with E-state index in [0.29, 0.717) is 19.0 Å². The highest BCUT2D eigenvalue weighted by atomic mass is 19.1. The molecule has 4 rings (SSSR count). The Kier molecular flexibility index (Phi) is 4.36. The lowest BCUT2D eigenvalue weighted by atomic mass is 9.88. The first-order valence-electron chi connectivity index (χ1n) is 8.75. The van der Waals surface area contributed by atoms with Gasteiger partial charge in [-0.15, -0.1) is 0 Å². The molecule has 1 aromatic heterocycles. The molecule has 2 heterocycles. The minimum atomic E-state index is -0.567. The summed E-state index contributed by atoms with van der Waals surface area (Å²) < 4.78 is 25.0. The fourth-order valence-corrected chi connectivity index (χ4v) is 3.65. The summed E-state index contributed by atoms with van der Waals surface area (Å²) in [6, 6.07) is 6.78. The van der Waals surface area contributed by atoms with E-state index in [2.05, 4.69) is 15.6 Å². The fourth-order valence-electron chi connectivity index (χ4n) is 3.65. The summed E-state index contributed by atoms with van der Waals surface area (Å²) in [5.74, 6) is 0.848. The Bertz CT molecular complexity index is 821. The van der Waals surface area contributed by atoms with Gasteiger partial charge in [-0.3, -0.25) is 4.98 Å². The summed E-state index contributed by atoms with van der Waals surface area (Å²) in [6.07, 6.45) is 6.17. The monoisotopic (exact) mass is 357 g/mol. The molecule has 1 aliphatic heterocycles. The average molecular weight is 357 g/mol. The van der Waals surface area contributed by atoms with Crippen molar-refractivity contribution in [3.05, 3.63) is 48.0 Å². The first-order chi connectivity index (χ1) is 12.7. The predicted molar refractivity (Wildman–Crippen MR) is 93.9 cm³/mol. The number of pyridine rings is 1. The highest BCUT2D eigenvalue weighted by Gasteiger charge is 2.38. The highest BCUT2D eigenvalue weighted by molar-refractivity contribution is 5.90. The van der Waals surface area contributed by atoms with Crippen LogP contribution in [0.1, 0.15) is 31.2 Å². The number of nitrogens with zero attached hydrogens (tertiary/aromatic N) is 1. The number of hydrogen-bond donors (Lipinski definition) is 2. The van der Waals surface area contributed by atoms with Gasteiger partial charge in [0.1, 0.15) is 13.2 Å². The summed E-state index contributed by atoms with van der Waals surface area (Å²) in [6.45, 7) is 1.05. The van der Waals surface area contributed by atoms with Gasteiger partial charge in [-0.25, -0.2) is 9.18 Å². The molecule has 0 saturated heterocycles. The van der Waals surface area contributed by atoms with E-state index in [9.17, 15) is 9.18 Å². The SMILES string of the molecule is O=C(Nc1ccncc1F)NC1(c2ccc3c(c2)OCCO3)CCCC1. The van der Waals surface area contributed by atoms with Gasteiger partial charge < -0.3 is 20.1 Å². The van der Waals surface area contributed by atoms with Crippen molar-refractivity contribution in [1.29, 1.82) is 0 Å². The molecule has 0 atom stereocenters. The van der Waals surface area contributed by atoms with Crippen LogP contribution in [0.3, 0.4) is 0 Å². The molecule has 1 saturated carbocycles. The minimum Gasteiger partial charge on any atom is -0.486 e. The quantitative estimate of drug-likeness (QED) is 0.881. The van der Waals surface area contributed by atoms with Crippen LogP contribution in [0.5, 0.6) is 11.5 Å². The van der Waals surface area contributed by atoms with Crippen LogP contribution in [-0.2, 0) is 5.54 Å². The topological polar surface area (TPSA) is 72.5 Å². The molecule has 2 amide bonds. The first-order valence-corrected chi connectivity index (χ1v) is 8.75. The molecule has 0 spiro atoms. The summed E-state index contributed by atoms with van der Waals surface area (Å²) in [4.78, 5) is 16.2. The lowest BCUT2D eigenvalue weighted by Crippen LogP contribution is -2.46. The number of carbonyl (C=O) groups excluding carboxylic acids is 1. The number of nitrogens with one attached hydrogen (secondary N) is 2. The molecule has 26 heavy (non-hydrogen) atoms. The van der Waals surface area contributed by atoms with Crippen LogP contribution in [0.15, 0.2) is 36.7 Å². The van der Waals surface area contributed by atoms with Crippen LogP contribution in [0, 0.1) is 5.82 Å². The van der Waals surface area contributed by atoms with Crippen molar-refractivity contribution < 1.29 is 18.7 Å². The van der Waals surface area contributed by atoms with Gasteiger partial charge in [0.15, 0.2) is 17.3 Å². The third-order valence-electron chi connectivity index (χ3n) is 4.93. The van der Waals surface area contributed by atoms with Crippen molar-refractivity contribution in [3.8, 4) is 11.5 Å². The number of halogens is 1. The average Bonchev–Trinajstić information content (AvgIpc) is 3.13. The maximum atomic E-state index is 13.7. The summed E-state index contributed by atoms with van der Waals surface area (Å²) in [5, 5.41) is 5.63. The van der Waals surface area contributed by atoms with Gasteiger partial charge in [0, 0.05) is 6.20 Å². The van der Waals surface area contributed by atoms with Gasteiger partial charge in [0.25, 0.3) is 0 Å². The van der Waals surface area contributed by atoms with E-state index in [1.54, 1.807) is 0 Å². The lowest BCUT2D eigenvalue weighted by Gasteiger charge is -2.32. The standard InChI is InChI=1S/C19H20FN3O3/c20-14-12-21-8-5-15(14)22-18(24)23-19(6-1-2-7-19)13-3-4-16-17(11-13)26-10-9-25-16/h3-5,8,11-12H,1-2,6-7,9-10H2,(H2,21,22,23,24). The van der Waals surface area contributed by atoms with Crippen LogP contribution >= 0.6 is 0 Å². The molecule has 1 aromatic carbocycles. The van der Waals surface area contributed by atoms with E-state index in [1.807, 2.05) is 18.2 Å². The fraction of sp³-hybridized carbons (Fsp3) is 0.368. The molecule has 1 fully saturated rings. The lowest BCUT2D eigenvalue weighted by molar-refractivity contribution is 0.171. The smallest absolute Gasteiger partial charge is 0.320 e. The number of fused-ring (bicyclic) bond motifs is 1. The van der Waals surface area contributed by atoms with Crippen LogP contribution in [-0.4, -0.2) is 24.2 Å². The third kappa shape index (κ3) is 3.16. The summed E-state index contributed by atoms with van der Waals surface area (Å²) in [5.41, 5.74) is 0.584. The first kappa shape index (κ1) is 16.6. The Hall–Kier alpha value is -2.83. The van der Waals surface area contributed by atoms with Crippen LogP contribution in [0.4, 0.5) is 14.9 Å². The minimum absolute atomic E-state index is 0.104. The summed E-state index contributed by atoms with van der Waals surface area (Å²) in [7, 11) is 0. The van der Waals surface area contributed by atoms with E-state index >= 15 is 0 Å². The van der Waals surface area contributed by atoms with E-state index in [0.717, 1.165) is 43.2 Å². The van der Waals surface area contributed by atoms with Crippen molar-refractivity contribution in [1.82, 2.24) is 10.3 Å². The number of urea groups is 1. The molecule has 2 aromatic rings. The van der Waals surface area contributed by atoms with Gasteiger partial charge in [0.05, 0.1) is 17.4 Å². The molecule has 136 valence electrons. The number of rotatable bonds is 3. The Labute approximate surface area is 150 Å². The summed E-state index contributed by atoms with van der Waals surface area (Å²) >= 11 is 0. The number of hydrogen-bond acceptors (Lipinski definition) is 4. The van der Waals surface area contributed by atoms with E-state index < -0.39 is 17.4 Å². The molecular formula is C19H20FN3O3. The zero-order valence-corrected chi connectivity index (χ0v) is 14.3. The number of benzene rings is 1. The number of ether oxygens (including phenoxy) is 2. The zero-order valence-electron chi connectivity index (χ0n) is 14.3. The van der Waals surface area contributed by atoms with Gasteiger partial charge in [-0.1, -0.05) is 18.9 Å². The second kappa shape index (κ2) is 6.82. The van der Waals surface area contributed by atoms with Gasteiger partial charge >= 0.3 is 6.03 Å². The Morgan fingerprint density at radius 3 is 2.65 bits per heavy atom. The van der Waals surface area contributed by atoms with Gasteiger partial charge in [-0.05, 0) is 36.6 Å². The molecular weight excluding hydrogens is 337 g/mol. The zero-order chi connectivity index (χ0) is 18.0. The largest absolute Gasteiger partial charge is 0.486 e. The molecule has 0 bridgehead atoms. The number of carbonyl (C=O) groups is 1. The van der Waals surface area contributed by atoms with Crippen molar-refractivity contribution in [2.45, 2.75) is 31.2 Å². The molecule has 0 radical (unpaired) electrons. The van der Waals surface area contributed by atoms with E-state index in [1.165, 1.54) is 12.3 Å². The van der Waals surface area contributed by atoms with Gasteiger partial charge in [-0.2, -0.15) is 0 Å². The Morgan fingerprint density at radius 2 is 1.88 bits per heavy atom. The van der Waals surface area contributed by atoms with E-state index in [-0.39, 0.29) is 5.69 Å². The molecule has 7 heteroatoms.